The molecule has 3 rings (SSSR count). The van der Waals surface area contributed by atoms with Crippen molar-refractivity contribution >= 4 is 45.0 Å². The molecule has 0 saturated carbocycles. The normalized spacial score (nSPS) is 13.2. The largest absolute Gasteiger partial charge is 0.395 e. The van der Waals surface area contributed by atoms with E-state index in [1.54, 1.807) is 0 Å². The summed E-state index contributed by atoms with van der Waals surface area (Å²) in [7, 11) is 0. The fourth-order valence-electron chi connectivity index (χ4n) is 3.39. The maximum atomic E-state index is 10.6. The summed E-state index contributed by atoms with van der Waals surface area (Å²) in [6, 6.07) is 11.4. The molecule has 0 fully saturated rings. The van der Waals surface area contributed by atoms with Crippen molar-refractivity contribution in [3.63, 3.8) is 0 Å². The van der Waals surface area contributed by atoms with Crippen LogP contribution in [0, 0.1) is 0 Å². The smallest absolute Gasteiger partial charge is 0.0846 e. The first kappa shape index (κ1) is 19.4. The van der Waals surface area contributed by atoms with Crippen LogP contribution in [0.3, 0.4) is 0 Å². The first-order valence-corrected chi connectivity index (χ1v) is 9.28. The summed E-state index contributed by atoms with van der Waals surface area (Å²) in [5, 5.41) is 32.1. The molecule has 0 bridgehead atoms. The Kier molecular flexibility index (Phi) is 6.40. The summed E-state index contributed by atoms with van der Waals surface area (Å²) < 4.78 is 2.05. The van der Waals surface area contributed by atoms with Crippen LogP contribution in [-0.4, -0.2) is 63.7 Å². The molecule has 0 radical (unpaired) electrons. The maximum absolute atomic E-state index is 10.6. The summed E-state index contributed by atoms with van der Waals surface area (Å²) in [5.74, 6) is 0. The Labute approximate surface area is 162 Å². The van der Waals surface area contributed by atoms with Crippen LogP contribution in [0.4, 0.5) is 0 Å². The van der Waals surface area contributed by atoms with Gasteiger partial charge in [0.15, 0.2) is 0 Å². The van der Waals surface area contributed by atoms with Crippen LogP contribution in [0.2, 0.25) is 10.0 Å². The predicted molar refractivity (Wildman–Crippen MR) is 106 cm³/mol. The molecule has 0 saturated heterocycles. The molecule has 1 atom stereocenters. The monoisotopic (exact) mass is 396 g/mol. The van der Waals surface area contributed by atoms with E-state index in [1.807, 2.05) is 41.3 Å². The second-order valence-electron chi connectivity index (χ2n) is 6.34. The highest BCUT2D eigenvalue weighted by atomic mass is 35.5. The molecule has 5 nitrogen and oxygen atoms in total. The third-order valence-corrected chi connectivity index (χ3v) is 4.95. The fourth-order valence-corrected chi connectivity index (χ4v) is 3.73. The van der Waals surface area contributed by atoms with Crippen molar-refractivity contribution in [2.75, 3.05) is 32.8 Å². The molecular weight excluding hydrogens is 375 g/mol. The van der Waals surface area contributed by atoms with E-state index in [0.717, 1.165) is 21.8 Å². The zero-order chi connectivity index (χ0) is 18.7. The lowest BCUT2D eigenvalue weighted by molar-refractivity contribution is 0.0787. The van der Waals surface area contributed by atoms with Gasteiger partial charge < -0.3 is 19.9 Å². The van der Waals surface area contributed by atoms with Crippen LogP contribution >= 0.6 is 23.2 Å². The van der Waals surface area contributed by atoms with E-state index in [-0.39, 0.29) is 13.2 Å². The van der Waals surface area contributed by atoms with Gasteiger partial charge in [-0.3, -0.25) is 4.90 Å². The van der Waals surface area contributed by atoms with Crippen LogP contribution in [0.25, 0.3) is 21.8 Å². The van der Waals surface area contributed by atoms with Crippen molar-refractivity contribution in [3.8, 4) is 0 Å². The number of aliphatic hydroxyl groups excluding tert-OH is 3. The zero-order valence-corrected chi connectivity index (χ0v) is 15.8. The molecule has 2 aromatic carbocycles. The first-order valence-electron chi connectivity index (χ1n) is 8.52. The van der Waals surface area contributed by atoms with Gasteiger partial charge in [0.25, 0.3) is 0 Å². The van der Waals surface area contributed by atoms with Gasteiger partial charge in [-0.15, -0.1) is 0 Å². The lowest BCUT2D eigenvalue weighted by atomic mass is 10.1. The Morgan fingerprint density at radius 3 is 1.85 bits per heavy atom. The van der Waals surface area contributed by atoms with E-state index >= 15 is 0 Å². The van der Waals surface area contributed by atoms with Gasteiger partial charge in [-0.05, 0) is 36.4 Å². The Hall–Kier alpha value is -1.34. The number of fused-ring (bicyclic) bond motifs is 3. The van der Waals surface area contributed by atoms with Crippen molar-refractivity contribution in [2.45, 2.75) is 12.6 Å². The van der Waals surface area contributed by atoms with Crippen LogP contribution in [0.1, 0.15) is 0 Å². The number of nitrogens with zero attached hydrogens (tertiary/aromatic N) is 2. The number of rotatable bonds is 8. The number of aliphatic hydroxyl groups is 3. The first-order chi connectivity index (χ1) is 12.5. The topological polar surface area (TPSA) is 68.9 Å². The number of hydrogen-bond donors (Lipinski definition) is 3. The van der Waals surface area contributed by atoms with Gasteiger partial charge in [0.2, 0.25) is 0 Å². The number of hydrogen-bond acceptors (Lipinski definition) is 4. The average molecular weight is 397 g/mol. The van der Waals surface area contributed by atoms with Crippen LogP contribution < -0.4 is 0 Å². The van der Waals surface area contributed by atoms with E-state index in [4.69, 9.17) is 33.4 Å². The van der Waals surface area contributed by atoms with E-state index < -0.39 is 6.10 Å². The Bertz CT molecular complexity index is 832. The van der Waals surface area contributed by atoms with Gasteiger partial charge in [0.1, 0.15) is 0 Å². The van der Waals surface area contributed by atoms with Crippen molar-refractivity contribution in [2.24, 2.45) is 0 Å². The molecule has 3 N–H and O–H groups in total. The van der Waals surface area contributed by atoms with Gasteiger partial charge in [0.05, 0.1) is 25.9 Å². The van der Waals surface area contributed by atoms with E-state index in [9.17, 15) is 5.11 Å². The summed E-state index contributed by atoms with van der Waals surface area (Å²) in [4.78, 5) is 1.84. The molecule has 0 amide bonds. The Morgan fingerprint density at radius 2 is 1.38 bits per heavy atom. The standard InChI is InChI=1S/C19H22Cl2N2O3/c20-13-1-3-18-16(9-13)17-10-14(21)2-4-19(17)23(18)12-15(26)11-22(5-7-24)6-8-25/h1-4,9-10,15,24-26H,5-8,11-12H2. The highest BCUT2D eigenvalue weighted by molar-refractivity contribution is 6.33. The zero-order valence-electron chi connectivity index (χ0n) is 14.3. The molecule has 0 spiro atoms. The van der Waals surface area contributed by atoms with Gasteiger partial charge in [-0.1, -0.05) is 23.2 Å². The molecule has 1 unspecified atom stereocenters. The quantitative estimate of drug-likeness (QED) is 0.547. The minimum absolute atomic E-state index is 0.0148. The maximum Gasteiger partial charge on any atom is 0.0846 e. The third-order valence-electron chi connectivity index (χ3n) is 4.48. The molecule has 3 aromatic rings. The SMILES string of the molecule is OCCN(CCO)CC(O)Cn1c2ccc(Cl)cc2c2cc(Cl)ccc21. The lowest BCUT2D eigenvalue weighted by Gasteiger charge is -2.24. The van der Waals surface area contributed by atoms with Crippen LogP contribution in [-0.2, 0) is 6.54 Å². The third kappa shape index (κ3) is 4.14. The van der Waals surface area contributed by atoms with Crippen molar-refractivity contribution < 1.29 is 15.3 Å². The average Bonchev–Trinajstić information content (AvgIpc) is 2.88. The molecule has 0 aliphatic rings. The van der Waals surface area contributed by atoms with Gasteiger partial charge in [-0.25, -0.2) is 0 Å². The van der Waals surface area contributed by atoms with E-state index in [0.29, 0.717) is 36.2 Å². The van der Waals surface area contributed by atoms with Crippen molar-refractivity contribution in [1.82, 2.24) is 9.47 Å². The molecule has 0 aliphatic heterocycles. The summed E-state index contributed by atoms with van der Waals surface area (Å²) >= 11 is 12.3. The molecule has 7 heteroatoms. The fraction of sp³-hybridized carbons (Fsp3) is 0.368. The minimum atomic E-state index is -0.654. The minimum Gasteiger partial charge on any atom is -0.395 e. The second-order valence-corrected chi connectivity index (χ2v) is 7.21. The second kappa shape index (κ2) is 8.57. The number of aromatic nitrogens is 1. The van der Waals surface area contributed by atoms with Crippen molar-refractivity contribution in [1.29, 1.82) is 0 Å². The molecule has 1 aromatic heterocycles. The van der Waals surface area contributed by atoms with E-state index in [2.05, 4.69) is 4.57 Å². The highest BCUT2D eigenvalue weighted by Crippen LogP contribution is 2.33. The summed E-state index contributed by atoms with van der Waals surface area (Å²) in [6.45, 7) is 1.55. The molecule has 1 heterocycles. The Balaban J connectivity index is 1.95. The van der Waals surface area contributed by atoms with E-state index in [1.165, 1.54) is 0 Å². The highest BCUT2D eigenvalue weighted by Gasteiger charge is 2.16. The van der Waals surface area contributed by atoms with Crippen LogP contribution in [0.15, 0.2) is 36.4 Å². The number of halogens is 2. The molecule has 140 valence electrons. The summed E-state index contributed by atoms with van der Waals surface area (Å²) in [5.41, 5.74) is 1.95. The lowest BCUT2D eigenvalue weighted by Crippen LogP contribution is -2.38. The molecule has 26 heavy (non-hydrogen) atoms. The summed E-state index contributed by atoms with van der Waals surface area (Å²) in [6.07, 6.45) is -0.654. The van der Waals surface area contributed by atoms with Gasteiger partial charge in [-0.2, -0.15) is 0 Å². The molecule has 0 aliphatic carbocycles. The molecular formula is C19H22Cl2N2O3. The Morgan fingerprint density at radius 1 is 0.885 bits per heavy atom. The van der Waals surface area contributed by atoms with Crippen LogP contribution in [0.5, 0.6) is 0 Å². The van der Waals surface area contributed by atoms with Crippen molar-refractivity contribution in [3.05, 3.63) is 46.4 Å². The number of benzene rings is 2. The van der Waals surface area contributed by atoms with Gasteiger partial charge >= 0.3 is 0 Å². The predicted octanol–water partition coefficient (Wildman–Crippen LogP) is 2.75. The van der Waals surface area contributed by atoms with Gasteiger partial charge in [0, 0.05) is 51.5 Å².